The molecule has 2 rings (SSSR count). The third kappa shape index (κ3) is 2.56. The maximum absolute atomic E-state index is 10.2. The Kier molecular flexibility index (Phi) is 4.41. The van der Waals surface area contributed by atoms with Gasteiger partial charge in [0.2, 0.25) is 0 Å². The number of phenolic OH excluding ortho intramolecular Hbond substituents is 3. The highest BCUT2D eigenvalue weighted by Gasteiger charge is 2.19. The Hall–Kier alpha value is -2.16. The first-order valence-electron chi connectivity index (χ1n) is 7.42. The normalized spacial score (nSPS) is 10.8. The average Bonchev–Trinajstić information content (AvgIpc) is 2.49. The molecular weight excluding hydrogens is 264 g/mol. The minimum absolute atomic E-state index is 0.102. The lowest BCUT2D eigenvalue weighted by molar-refractivity contribution is 0.405. The minimum atomic E-state index is -0.122. The summed E-state index contributed by atoms with van der Waals surface area (Å²) in [4.78, 5) is 0. The molecule has 0 aromatic heterocycles. The zero-order valence-corrected chi connectivity index (χ0v) is 12.8. The molecule has 0 radical (unpaired) electrons. The first-order valence-corrected chi connectivity index (χ1v) is 7.42. The van der Waals surface area contributed by atoms with Crippen LogP contribution in [-0.4, -0.2) is 15.3 Å². The first-order chi connectivity index (χ1) is 10.0. The summed E-state index contributed by atoms with van der Waals surface area (Å²) in [5.41, 5.74) is 4.48. The van der Waals surface area contributed by atoms with Crippen LogP contribution in [0.1, 0.15) is 37.5 Å². The van der Waals surface area contributed by atoms with Crippen molar-refractivity contribution in [2.24, 2.45) is 0 Å². The predicted octanol–water partition coefficient (Wildman–Crippen LogP) is 4.16. The van der Waals surface area contributed by atoms with Gasteiger partial charge in [-0.2, -0.15) is 0 Å². The monoisotopic (exact) mass is 286 g/mol. The van der Waals surface area contributed by atoms with E-state index in [1.54, 1.807) is 18.2 Å². The van der Waals surface area contributed by atoms with Gasteiger partial charge in [-0.1, -0.05) is 32.9 Å². The summed E-state index contributed by atoms with van der Waals surface area (Å²) in [6.45, 7) is 6.06. The van der Waals surface area contributed by atoms with E-state index in [2.05, 4.69) is 0 Å². The van der Waals surface area contributed by atoms with Crippen LogP contribution >= 0.6 is 0 Å². The lowest BCUT2D eigenvalue weighted by atomic mass is 9.86. The molecule has 0 amide bonds. The second-order valence-corrected chi connectivity index (χ2v) is 5.12. The van der Waals surface area contributed by atoms with Crippen LogP contribution in [0.3, 0.4) is 0 Å². The van der Waals surface area contributed by atoms with Crippen molar-refractivity contribution in [3.8, 4) is 28.4 Å². The molecule has 3 nitrogen and oxygen atoms in total. The van der Waals surface area contributed by atoms with Crippen molar-refractivity contribution in [2.45, 2.75) is 40.0 Å². The molecule has 0 saturated heterocycles. The topological polar surface area (TPSA) is 60.7 Å². The molecule has 2 aromatic rings. The molecule has 0 spiro atoms. The summed E-state index contributed by atoms with van der Waals surface area (Å²) in [5.74, 6) is 0.0898. The van der Waals surface area contributed by atoms with E-state index in [-0.39, 0.29) is 11.5 Å². The molecule has 3 heteroatoms. The second-order valence-electron chi connectivity index (χ2n) is 5.12. The number of benzene rings is 2. The van der Waals surface area contributed by atoms with Crippen molar-refractivity contribution >= 4 is 0 Å². The van der Waals surface area contributed by atoms with E-state index >= 15 is 0 Å². The number of aromatic hydroxyl groups is 3. The van der Waals surface area contributed by atoms with E-state index in [4.69, 9.17) is 0 Å². The van der Waals surface area contributed by atoms with Crippen molar-refractivity contribution in [1.29, 1.82) is 0 Å². The number of para-hydroxylation sites is 1. The van der Waals surface area contributed by atoms with Gasteiger partial charge in [-0.25, -0.2) is 0 Å². The zero-order chi connectivity index (χ0) is 15.6. The molecule has 0 aliphatic heterocycles. The van der Waals surface area contributed by atoms with E-state index in [1.807, 2.05) is 20.8 Å². The predicted molar refractivity (Wildman–Crippen MR) is 85.0 cm³/mol. The Morgan fingerprint density at radius 3 is 2.05 bits per heavy atom. The molecule has 3 N–H and O–H groups in total. The third-order valence-electron chi connectivity index (χ3n) is 3.98. The molecule has 112 valence electrons. The Morgan fingerprint density at radius 1 is 0.810 bits per heavy atom. The second kappa shape index (κ2) is 6.08. The van der Waals surface area contributed by atoms with Crippen molar-refractivity contribution in [1.82, 2.24) is 0 Å². The fraction of sp³-hybridized carbons (Fsp3) is 0.333. The van der Waals surface area contributed by atoms with Crippen LogP contribution in [0.25, 0.3) is 11.1 Å². The van der Waals surface area contributed by atoms with Crippen LogP contribution in [0.4, 0.5) is 0 Å². The molecule has 21 heavy (non-hydrogen) atoms. The standard InChI is InChI=1S/C18H22O3/c1-4-11-10-16(20)12(5-2)13(6-3)17(11)14-8-7-9-15(19)18(14)21/h7-10,19-21H,4-6H2,1-3H3. The van der Waals surface area contributed by atoms with Gasteiger partial charge < -0.3 is 15.3 Å². The molecule has 2 aromatic carbocycles. The van der Waals surface area contributed by atoms with Gasteiger partial charge >= 0.3 is 0 Å². The SMILES string of the molecule is CCc1cc(O)c(CC)c(CC)c1-c1cccc(O)c1O. The van der Waals surface area contributed by atoms with Crippen molar-refractivity contribution in [3.05, 3.63) is 41.0 Å². The quantitative estimate of drug-likeness (QED) is 0.740. The highest BCUT2D eigenvalue weighted by Crippen LogP contribution is 2.42. The molecule has 0 unspecified atom stereocenters. The van der Waals surface area contributed by atoms with E-state index in [1.165, 1.54) is 6.07 Å². The maximum Gasteiger partial charge on any atom is 0.165 e. The van der Waals surface area contributed by atoms with Crippen LogP contribution < -0.4 is 0 Å². The van der Waals surface area contributed by atoms with Gasteiger partial charge in [-0.05, 0) is 53.6 Å². The molecule has 0 heterocycles. The number of rotatable bonds is 4. The van der Waals surface area contributed by atoms with Gasteiger partial charge in [0.1, 0.15) is 5.75 Å². The average molecular weight is 286 g/mol. The van der Waals surface area contributed by atoms with E-state index in [0.29, 0.717) is 11.3 Å². The minimum Gasteiger partial charge on any atom is -0.508 e. The molecule has 0 atom stereocenters. The third-order valence-corrected chi connectivity index (χ3v) is 3.98. The van der Waals surface area contributed by atoms with Crippen molar-refractivity contribution < 1.29 is 15.3 Å². The van der Waals surface area contributed by atoms with Crippen LogP contribution in [0.15, 0.2) is 24.3 Å². The number of hydrogen-bond donors (Lipinski definition) is 3. The fourth-order valence-electron chi connectivity index (χ4n) is 2.96. The largest absolute Gasteiger partial charge is 0.508 e. The van der Waals surface area contributed by atoms with Gasteiger partial charge in [0.05, 0.1) is 0 Å². The number of aryl methyl sites for hydroxylation is 1. The summed E-state index contributed by atoms with van der Waals surface area (Å²) < 4.78 is 0. The van der Waals surface area contributed by atoms with Crippen LogP contribution in [0.5, 0.6) is 17.2 Å². The first kappa shape index (κ1) is 15.2. The van der Waals surface area contributed by atoms with Crippen molar-refractivity contribution in [3.63, 3.8) is 0 Å². The van der Waals surface area contributed by atoms with E-state index < -0.39 is 0 Å². The molecule has 0 fully saturated rings. The number of hydrogen-bond acceptors (Lipinski definition) is 3. The van der Waals surface area contributed by atoms with Crippen molar-refractivity contribution in [2.75, 3.05) is 0 Å². The lowest BCUT2D eigenvalue weighted by Gasteiger charge is -2.19. The Balaban J connectivity index is 2.86. The molecule has 0 bridgehead atoms. The Bertz CT molecular complexity index is 660. The van der Waals surface area contributed by atoms with Crippen LogP contribution in [-0.2, 0) is 19.3 Å². The number of phenols is 3. The molecule has 0 aliphatic carbocycles. The maximum atomic E-state index is 10.2. The van der Waals surface area contributed by atoms with Crippen LogP contribution in [0.2, 0.25) is 0 Å². The van der Waals surface area contributed by atoms with E-state index in [0.717, 1.165) is 41.5 Å². The summed E-state index contributed by atoms with van der Waals surface area (Å²) in [6.07, 6.45) is 2.23. The smallest absolute Gasteiger partial charge is 0.165 e. The van der Waals surface area contributed by atoms with Gasteiger partial charge in [-0.3, -0.25) is 0 Å². The van der Waals surface area contributed by atoms with Gasteiger partial charge in [-0.15, -0.1) is 0 Å². The summed E-state index contributed by atoms with van der Waals surface area (Å²) >= 11 is 0. The molecule has 0 aliphatic rings. The highest BCUT2D eigenvalue weighted by atomic mass is 16.3. The lowest BCUT2D eigenvalue weighted by Crippen LogP contribution is -2.01. The zero-order valence-electron chi connectivity index (χ0n) is 12.8. The van der Waals surface area contributed by atoms with Gasteiger partial charge in [0.15, 0.2) is 11.5 Å². The van der Waals surface area contributed by atoms with Crippen LogP contribution in [0, 0.1) is 0 Å². The van der Waals surface area contributed by atoms with E-state index in [9.17, 15) is 15.3 Å². The highest BCUT2D eigenvalue weighted by molar-refractivity contribution is 5.80. The molecule has 0 saturated carbocycles. The summed E-state index contributed by atoms with van der Waals surface area (Å²) in [6, 6.07) is 6.77. The molecular formula is C18H22O3. The summed E-state index contributed by atoms with van der Waals surface area (Å²) in [5, 5.41) is 30.2. The van der Waals surface area contributed by atoms with Gasteiger partial charge in [0, 0.05) is 5.56 Å². The Labute approximate surface area is 125 Å². The fourth-order valence-corrected chi connectivity index (χ4v) is 2.96. The Morgan fingerprint density at radius 2 is 1.48 bits per heavy atom. The van der Waals surface area contributed by atoms with Gasteiger partial charge in [0.25, 0.3) is 0 Å². The summed E-state index contributed by atoms with van der Waals surface area (Å²) in [7, 11) is 0.